The van der Waals surface area contributed by atoms with Crippen LogP contribution in [0, 0.1) is 5.92 Å². The average molecular weight is 305 g/mol. The summed E-state index contributed by atoms with van der Waals surface area (Å²) in [7, 11) is 0. The van der Waals surface area contributed by atoms with Crippen molar-refractivity contribution < 1.29 is 19.4 Å². The highest BCUT2D eigenvalue weighted by atomic mass is 16.5. The summed E-state index contributed by atoms with van der Waals surface area (Å²) in [5.41, 5.74) is 1.43. The second kappa shape index (κ2) is 7.94. The van der Waals surface area contributed by atoms with Crippen LogP contribution in [-0.4, -0.2) is 48.2 Å². The van der Waals surface area contributed by atoms with Crippen molar-refractivity contribution in [1.82, 2.24) is 4.90 Å². The molecule has 1 aromatic carbocycles. The molecule has 0 aromatic heterocycles. The molecule has 5 nitrogen and oxygen atoms in total. The summed E-state index contributed by atoms with van der Waals surface area (Å²) in [4.78, 5) is 24.7. The summed E-state index contributed by atoms with van der Waals surface area (Å²) in [5, 5.41) is 8.91. The third-order valence-corrected chi connectivity index (χ3v) is 4.03. The lowest BCUT2D eigenvalue weighted by Crippen LogP contribution is -2.42. The van der Waals surface area contributed by atoms with E-state index in [1.807, 2.05) is 24.0 Å². The van der Waals surface area contributed by atoms with Crippen LogP contribution in [0.3, 0.4) is 0 Å². The average Bonchev–Trinajstić information content (AvgIpc) is 2.53. The first kappa shape index (κ1) is 16.5. The Morgan fingerprint density at radius 2 is 2.05 bits per heavy atom. The van der Waals surface area contributed by atoms with Crippen molar-refractivity contribution in [1.29, 1.82) is 0 Å². The molecule has 0 spiro atoms. The van der Waals surface area contributed by atoms with Gasteiger partial charge in [0.1, 0.15) is 6.61 Å². The molecule has 2 rings (SSSR count). The van der Waals surface area contributed by atoms with Crippen molar-refractivity contribution in [3.63, 3.8) is 0 Å². The number of piperidine rings is 1. The van der Waals surface area contributed by atoms with Crippen LogP contribution in [-0.2, 0) is 16.0 Å². The van der Waals surface area contributed by atoms with Gasteiger partial charge in [-0.25, -0.2) is 4.79 Å². The Balaban J connectivity index is 1.89. The number of aromatic carboxylic acids is 1. The SMILES string of the molecule is CCOCC(=O)N1CCCC(Cc2ccc(C(=O)O)cc2)C1. The van der Waals surface area contributed by atoms with Crippen LogP contribution < -0.4 is 0 Å². The molecule has 5 heteroatoms. The van der Waals surface area contributed by atoms with E-state index in [-0.39, 0.29) is 12.5 Å². The molecule has 22 heavy (non-hydrogen) atoms. The molecule has 1 fully saturated rings. The molecule has 1 atom stereocenters. The van der Waals surface area contributed by atoms with E-state index < -0.39 is 5.97 Å². The van der Waals surface area contributed by atoms with Gasteiger partial charge in [-0.05, 0) is 49.8 Å². The maximum atomic E-state index is 12.0. The van der Waals surface area contributed by atoms with Crippen molar-refractivity contribution in [3.8, 4) is 0 Å². The fourth-order valence-corrected chi connectivity index (χ4v) is 2.86. The number of carboxylic acid groups (broad SMARTS) is 1. The second-order valence-corrected chi connectivity index (χ2v) is 5.69. The third-order valence-electron chi connectivity index (χ3n) is 4.03. The highest BCUT2D eigenvalue weighted by Crippen LogP contribution is 2.21. The first-order chi connectivity index (χ1) is 10.6. The van der Waals surface area contributed by atoms with Gasteiger partial charge in [-0.3, -0.25) is 4.79 Å². The topological polar surface area (TPSA) is 66.8 Å². The van der Waals surface area contributed by atoms with E-state index in [1.54, 1.807) is 12.1 Å². The van der Waals surface area contributed by atoms with Gasteiger partial charge >= 0.3 is 5.97 Å². The lowest BCUT2D eigenvalue weighted by atomic mass is 9.91. The van der Waals surface area contributed by atoms with Gasteiger partial charge in [0.2, 0.25) is 5.91 Å². The second-order valence-electron chi connectivity index (χ2n) is 5.69. The Bertz CT molecular complexity index is 512. The minimum atomic E-state index is -0.906. The van der Waals surface area contributed by atoms with E-state index in [0.717, 1.165) is 37.9 Å². The predicted octanol–water partition coefficient (Wildman–Crippen LogP) is 2.20. The Morgan fingerprint density at radius 1 is 1.32 bits per heavy atom. The molecule has 1 aromatic rings. The van der Waals surface area contributed by atoms with Gasteiger partial charge in [0.25, 0.3) is 0 Å². The molecule has 1 amide bonds. The number of hydrogen-bond acceptors (Lipinski definition) is 3. The summed E-state index contributed by atoms with van der Waals surface area (Å²) in [6.07, 6.45) is 2.98. The van der Waals surface area contributed by atoms with Gasteiger partial charge < -0.3 is 14.7 Å². The fraction of sp³-hybridized carbons (Fsp3) is 0.529. The third kappa shape index (κ3) is 4.56. The van der Waals surface area contributed by atoms with E-state index in [1.165, 1.54) is 0 Å². The van der Waals surface area contributed by atoms with E-state index in [4.69, 9.17) is 9.84 Å². The number of carbonyl (C=O) groups excluding carboxylic acids is 1. The number of carboxylic acids is 1. The van der Waals surface area contributed by atoms with Gasteiger partial charge in [0.05, 0.1) is 5.56 Å². The Hall–Kier alpha value is -1.88. The lowest BCUT2D eigenvalue weighted by Gasteiger charge is -2.33. The summed E-state index contributed by atoms with van der Waals surface area (Å²) in [5.74, 6) is -0.417. The normalized spacial score (nSPS) is 18.2. The van der Waals surface area contributed by atoms with Crippen LogP contribution in [0.25, 0.3) is 0 Å². The number of benzene rings is 1. The number of hydrogen-bond donors (Lipinski definition) is 1. The number of likely N-dealkylation sites (tertiary alicyclic amines) is 1. The van der Waals surface area contributed by atoms with Gasteiger partial charge in [0.15, 0.2) is 0 Å². The molecule has 0 saturated carbocycles. The number of ether oxygens (including phenoxy) is 1. The standard InChI is InChI=1S/C17H23NO4/c1-2-22-12-16(19)18-9-3-4-14(11-18)10-13-5-7-15(8-6-13)17(20)21/h5-8,14H,2-4,9-12H2,1H3,(H,20,21). The number of carbonyl (C=O) groups is 2. The largest absolute Gasteiger partial charge is 0.478 e. The monoisotopic (exact) mass is 305 g/mol. The molecule has 120 valence electrons. The van der Waals surface area contributed by atoms with Crippen LogP contribution in [0.15, 0.2) is 24.3 Å². The van der Waals surface area contributed by atoms with Crippen LogP contribution in [0.4, 0.5) is 0 Å². The van der Waals surface area contributed by atoms with Crippen LogP contribution in [0.5, 0.6) is 0 Å². The smallest absolute Gasteiger partial charge is 0.335 e. The highest BCUT2D eigenvalue weighted by molar-refractivity contribution is 5.87. The van der Waals surface area contributed by atoms with Gasteiger partial charge in [0, 0.05) is 19.7 Å². The lowest BCUT2D eigenvalue weighted by molar-refractivity contribution is -0.137. The first-order valence-electron chi connectivity index (χ1n) is 7.78. The van der Waals surface area contributed by atoms with Gasteiger partial charge in [-0.2, -0.15) is 0 Å². The Kier molecular flexibility index (Phi) is 5.95. The molecule has 1 unspecified atom stereocenters. The molecule has 0 radical (unpaired) electrons. The highest BCUT2D eigenvalue weighted by Gasteiger charge is 2.23. The molecular weight excluding hydrogens is 282 g/mol. The summed E-state index contributed by atoms with van der Waals surface area (Å²) < 4.78 is 5.19. The summed E-state index contributed by atoms with van der Waals surface area (Å²) >= 11 is 0. The zero-order valence-electron chi connectivity index (χ0n) is 13.0. The van der Waals surface area contributed by atoms with E-state index in [2.05, 4.69) is 0 Å². The van der Waals surface area contributed by atoms with Gasteiger partial charge in [-0.15, -0.1) is 0 Å². The van der Waals surface area contributed by atoms with Crippen LogP contribution in [0.1, 0.15) is 35.7 Å². The zero-order valence-corrected chi connectivity index (χ0v) is 13.0. The molecule has 1 saturated heterocycles. The van der Waals surface area contributed by atoms with Crippen molar-refractivity contribution in [2.24, 2.45) is 5.92 Å². The van der Waals surface area contributed by atoms with Crippen LogP contribution >= 0.6 is 0 Å². The van der Waals surface area contributed by atoms with Crippen molar-refractivity contribution in [3.05, 3.63) is 35.4 Å². The minimum absolute atomic E-state index is 0.0628. The molecule has 1 N–H and O–H groups in total. The minimum Gasteiger partial charge on any atom is -0.478 e. The molecule has 1 aliphatic rings. The fourth-order valence-electron chi connectivity index (χ4n) is 2.86. The molecule has 1 heterocycles. The van der Waals surface area contributed by atoms with E-state index in [9.17, 15) is 9.59 Å². The molecule has 1 aliphatic heterocycles. The number of amides is 1. The van der Waals surface area contributed by atoms with Crippen LogP contribution in [0.2, 0.25) is 0 Å². The quantitative estimate of drug-likeness (QED) is 0.875. The molecule has 0 aliphatic carbocycles. The van der Waals surface area contributed by atoms with E-state index >= 15 is 0 Å². The molecular formula is C17H23NO4. The van der Waals surface area contributed by atoms with Crippen molar-refractivity contribution in [2.45, 2.75) is 26.2 Å². The zero-order chi connectivity index (χ0) is 15.9. The molecule has 0 bridgehead atoms. The number of nitrogens with zero attached hydrogens (tertiary/aromatic N) is 1. The van der Waals surface area contributed by atoms with Gasteiger partial charge in [-0.1, -0.05) is 12.1 Å². The summed E-state index contributed by atoms with van der Waals surface area (Å²) in [6.45, 7) is 4.16. The van der Waals surface area contributed by atoms with E-state index in [0.29, 0.717) is 18.1 Å². The number of rotatable bonds is 6. The van der Waals surface area contributed by atoms with Crippen molar-refractivity contribution in [2.75, 3.05) is 26.3 Å². The maximum absolute atomic E-state index is 12.0. The maximum Gasteiger partial charge on any atom is 0.335 e. The Labute approximate surface area is 130 Å². The van der Waals surface area contributed by atoms with Crippen molar-refractivity contribution >= 4 is 11.9 Å². The first-order valence-corrected chi connectivity index (χ1v) is 7.78. The summed E-state index contributed by atoms with van der Waals surface area (Å²) in [6, 6.07) is 7.01. The Morgan fingerprint density at radius 3 is 2.68 bits per heavy atom. The predicted molar refractivity (Wildman–Crippen MR) is 82.9 cm³/mol.